The number of aliphatic hydroxyl groups is 7. The van der Waals surface area contributed by atoms with E-state index in [1.807, 2.05) is 0 Å². The Hall–Kier alpha value is -1.41. The quantitative estimate of drug-likeness (QED) is 0.0230. The van der Waals surface area contributed by atoms with Crippen molar-refractivity contribution in [3.05, 3.63) is 24.3 Å². The molecule has 1 saturated heterocycles. The lowest BCUT2D eigenvalue weighted by molar-refractivity contribution is -0.303. The van der Waals surface area contributed by atoms with Crippen LogP contribution in [-0.2, 0) is 14.3 Å². The molecule has 1 fully saturated rings. The lowest BCUT2D eigenvalue weighted by Gasteiger charge is -2.40. The van der Waals surface area contributed by atoms with E-state index < -0.39 is 74.2 Å². The molecule has 0 bridgehead atoms. The molecule has 1 rings (SSSR count). The fraction of sp³-hybridized carbons (Fsp3) is 0.891. The number of unbranched alkanes of at least 4 members (excludes halogenated alkanes) is 22. The van der Waals surface area contributed by atoms with Crippen molar-refractivity contribution in [2.24, 2.45) is 0 Å². The molecule has 0 aromatic heterocycles. The molecule has 0 aliphatic carbocycles. The Kier molecular flexibility index (Phi) is 34.3. The maximum atomic E-state index is 13.1. The van der Waals surface area contributed by atoms with E-state index in [0.717, 1.165) is 38.5 Å². The first-order valence-electron chi connectivity index (χ1n) is 23.2. The first-order chi connectivity index (χ1) is 27.7. The zero-order valence-electron chi connectivity index (χ0n) is 36.1. The van der Waals surface area contributed by atoms with Crippen LogP contribution in [0.4, 0.5) is 0 Å². The molecule has 0 radical (unpaired) electrons. The number of rotatable bonds is 38. The zero-order chi connectivity index (χ0) is 41.9. The summed E-state index contributed by atoms with van der Waals surface area (Å²) < 4.78 is 11.1. The lowest BCUT2D eigenvalue weighted by Crippen LogP contribution is -2.60. The Labute approximate surface area is 346 Å². The molecule has 1 amide bonds. The molecule has 0 aromatic carbocycles. The lowest BCUT2D eigenvalue weighted by atomic mass is 9.98. The molecule has 9 atom stereocenters. The minimum absolute atomic E-state index is 0.248. The Morgan fingerprint density at radius 2 is 1.05 bits per heavy atom. The van der Waals surface area contributed by atoms with Crippen molar-refractivity contribution >= 4 is 5.91 Å². The predicted molar refractivity (Wildman–Crippen MR) is 229 cm³/mol. The van der Waals surface area contributed by atoms with Crippen LogP contribution >= 0.6 is 0 Å². The summed E-state index contributed by atoms with van der Waals surface area (Å²) in [5.74, 6) is -0.711. The van der Waals surface area contributed by atoms with Gasteiger partial charge in [0.05, 0.1) is 25.4 Å². The van der Waals surface area contributed by atoms with Gasteiger partial charge in [0.1, 0.15) is 36.6 Å². The van der Waals surface area contributed by atoms with Crippen LogP contribution in [0, 0.1) is 0 Å². The highest BCUT2D eigenvalue weighted by atomic mass is 16.7. The van der Waals surface area contributed by atoms with Crippen LogP contribution in [0.3, 0.4) is 0 Å². The van der Waals surface area contributed by atoms with Crippen LogP contribution in [0.25, 0.3) is 0 Å². The van der Waals surface area contributed by atoms with Crippen molar-refractivity contribution in [2.75, 3.05) is 13.2 Å². The van der Waals surface area contributed by atoms with Crippen molar-refractivity contribution < 1.29 is 50.0 Å². The van der Waals surface area contributed by atoms with Crippen molar-refractivity contribution in [2.45, 2.75) is 249 Å². The largest absolute Gasteiger partial charge is 0.394 e. The van der Waals surface area contributed by atoms with Gasteiger partial charge in [-0.15, -0.1) is 0 Å². The highest BCUT2D eigenvalue weighted by Gasteiger charge is 2.44. The van der Waals surface area contributed by atoms with Gasteiger partial charge in [-0.25, -0.2) is 0 Å². The van der Waals surface area contributed by atoms with E-state index in [1.165, 1.54) is 109 Å². The third kappa shape index (κ3) is 26.4. The van der Waals surface area contributed by atoms with Gasteiger partial charge >= 0.3 is 0 Å². The summed E-state index contributed by atoms with van der Waals surface area (Å²) in [5.41, 5.74) is 0. The van der Waals surface area contributed by atoms with E-state index in [0.29, 0.717) is 19.3 Å². The molecule has 336 valence electrons. The maximum absolute atomic E-state index is 13.1. The first kappa shape index (κ1) is 53.6. The molecular weight excluding hydrogens is 727 g/mol. The Morgan fingerprint density at radius 1 is 0.596 bits per heavy atom. The second-order valence-corrected chi connectivity index (χ2v) is 16.5. The van der Waals surface area contributed by atoms with Crippen molar-refractivity contribution in [1.29, 1.82) is 0 Å². The van der Waals surface area contributed by atoms with E-state index in [4.69, 9.17) is 9.47 Å². The van der Waals surface area contributed by atoms with Crippen LogP contribution in [0.15, 0.2) is 24.3 Å². The van der Waals surface area contributed by atoms with Gasteiger partial charge in [0, 0.05) is 0 Å². The summed E-state index contributed by atoms with van der Waals surface area (Å²) in [5, 5.41) is 75.6. The van der Waals surface area contributed by atoms with Gasteiger partial charge < -0.3 is 50.5 Å². The minimum atomic E-state index is -1.67. The van der Waals surface area contributed by atoms with Crippen LogP contribution in [-0.4, -0.2) is 110 Å². The molecule has 0 aromatic rings. The van der Waals surface area contributed by atoms with Crippen molar-refractivity contribution in [3.63, 3.8) is 0 Å². The number of nitrogens with one attached hydrogen (secondary N) is 1. The van der Waals surface area contributed by atoms with Crippen molar-refractivity contribution in [1.82, 2.24) is 5.32 Å². The molecule has 8 N–H and O–H groups in total. The predicted octanol–water partition coefficient (Wildman–Crippen LogP) is 7.45. The smallest absolute Gasteiger partial charge is 0.249 e. The molecule has 9 unspecified atom stereocenters. The van der Waals surface area contributed by atoms with Gasteiger partial charge in [-0.2, -0.15) is 0 Å². The number of carbonyl (C=O) groups excluding carboxylic acids is 1. The maximum Gasteiger partial charge on any atom is 0.249 e. The highest BCUT2D eigenvalue weighted by molar-refractivity contribution is 5.80. The molecular formula is C46H87NO10. The van der Waals surface area contributed by atoms with Gasteiger partial charge in [0.15, 0.2) is 6.29 Å². The van der Waals surface area contributed by atoms with Gasteiger partial charge in [0.2, 0.25) is 5.91 Å². The number of hydrogen-bond donors (Lipinski definition) is 8. The number of amides is 1. The SMILES string of the molecule is CCCCCCCCCC/C=C/CC/C=C/CCCC(O)C(O)C(COC1OC(CO)C(O)C(O)C1O)NC(=O)C(O)CCCCCCCCCCCCCCC. The van der Waals surface area contributed by atoms with Gasteiger partial charge in [-0.3, -0.25) is 4.79 Å². The minimum Gasteiger partial charge on any atom is -0.394 e. The Morgan fingerprint density at radius 3 is 1.56 bits per heavy atom. The highest BCUT2D eigenvalue weighted by Crippen LogP contribution is 2.23. The third-order valence-electron chi connectivity index (χ3n) is 11.2. The number of hydrogen-bond acceptors (Lipinski definition) is 10. The van der Waals surface area contributed by atoms with Crippen LogP contribution in [0.1, 0.15) is 194 Å². The van der Waals surface area contributed by atoms with Crippen LogP contribution in [0.2, 0.25) is 0 Å². The number of allylic oxidation sites excluding steroid dienone is 4. The Balaban J connectivity index is 2.50. The van der Waals surface area contributed by atoms with E-state index in [-0.39, 0.29) is 12.8 Å². The zero-order valence-corrected chi connectivity index (χ0v) is 36.1. The summed E-state index contributed by atoms with van der Waals surface area (Å²) in [6, 6.07) is -1.19. The van der Waals surface area contributed by atoms with E-state index in [1.54, 1.807) is 0 Å². The number of ether oxygens (including phenoxy) is 2. The topological polar surface area (TPSA) is 189 Å². The summed E-state index contributed by atoms with van der Waals surface area (Å²) in [6.45, 7) is 3.41. The van der Waals surface area contributed by atoms with E-state index in [9.17, 15) is 40.5 Å². The van der Waals surface area contributed by atoms with Crippen LogP contribution < -0.4 is 5.32 Å². The molecule has 57 heavy (non-hydrogen) atoms. The van der Waals surface area contributed by atoms with Gasteiger partial charge in [0.25, 0.3) is 0 Å². The molecule has 11 nitrogen and oxygen atoms in total. The second-order valence-electron chi connectivity index (χ2n) is 16.5. The molecule has 11 heteroatoms. The summed E-state index contributed by atoms with van der Waals surface area (Å²) in [7, 11) is 0. The number of carbonyl (C=O) groups is 1. The summed E-state index contributed by atoms with van der Waals surface area (Å²) in [6.07, 6.45) is 28.0. The van der Waals surface area contributed by atoms with Crippen molar-refractivity contribution in [3.8, 4) is 0 Å². The molecule has 0 spiro atoms. The normalized spacial score (nSPS) is 22.3. The standard InChI is InChI=1S/C46H87NO10/c1-3-5-7-9-11-13-15-17-18-19-20-22-23-25-27-29-31-33-38(49)41(51)37(36-56-46-44(54)43(53)42(52)40(35-48)57-46)47-45(55)39(50)34-32-30-28-26-24-21-16-14-12-10-8-6-4-2/h19-20,25,27,37-44,46,48-54H,3-18,21-24,26,28-36H2,1-2H3,(H,47,55)/b20-19+,27-25+. The molecule has 0 saturated carbocycles. The molecule has 1 heterocycles. The third-order valence-corrected chi connectivity index (χ3v) is 11.2. The van der Waals surface area contributed by atoms with E-state index in [2.05, 4.69) is 43.5 Å². The average molecular weight is 814 g/mol. The van der Waals surface area contributed by atoms with E-state index >= 15 is 0 Å². The number of aliphatic hydroxyl groups excluding tert-OH is 7. The monoisotopic (exact) mass is 814 g/mol. The second kappa shape index (κ2) is 36.4. The van der Waals surface area contributed by atoms with Gasteiger partial charge in [-0.1, -0.05) is 167 Å². The first-order valence-corrected chi connectivity index (χ1v) is 23.2. The summed E-state index contributed by atoms with van der Waals surface area (Å²) >= 11 is 0. The fourth-order valence-corrected chi connectivity index (χ4v) is 7.34. The molecule has 1 aliphatic rings. The fourth-order valence-electron chi connectivity index (χ4n) is 7.34. The average Bonchev–Trinajstić information content (AvgIpc) is 3.21. The summed E-state index contributed by atoms with van der Waals surface area (Å²) in [4.78, 5) is 13.1. The molecule has 1 aliphatic heterocycles. The Bertz CT molecular complexity index is 981. The van der Waals surface area contributed by atoms with Gasteiger partial charge in [-0.05, 0) is 51.4 Å². The van der Waals surface area contributed by atoms with Crippen LogP contribution in [0.5, 0.6) is 0 Å².